The van der Waals surface area contributed by atoms with Crippen molar-refractivity contribution in [3.8, 4) is 11.5 Å². The molecule has 0 amide bonds. The second kappa shape index (κ2) is 7.34. The lowest BCUT2D eigenvalue weighted by Gasteiger charge is -2.17. The van der Waals surface area contributed by atoms with Crippen LogP contribution in [0.3, 0.4) is 0 Å². The fourth-order valence-electron chi connectivity index (χ4n) is 2.62. The van der Waals surface area contributed by atoms with Crippen LogP contribution in [-0.4, -0.2) is 14.7 Å². The normalized spacial score (nSPS) is 11.1. The molecule has 0 bridgehead atoms. The van der Waals surface area contributed by atoms with Gasteiger partial charge in [0.25, 0.3) is 0 Å². The van der Waals surface area contributed by atoms with Crippen LogP contribution in [0, 0.1) is 47.9 Å². The third-order valence-electron chi connectivity index (χ3n) is 3.61. The van der Waals surface area contributed by atoms with Crippen LogP contribution in [-0.2, 0) is 4.57 Å². The Morgan fingerprint density at radius 1 is 0.815 bits per heavy atom. The molecule has 0 aliphatic carbocycles. The highest BCUT2D eigenvalue weighted by Gasteiger charge is 2.34. The Morgan fingerprint density at radius 3 is 1.44 bits per heavy atom. The van der Waals surface area contributed by atoms with Gasteiger partial charge in [0.2, 0.25) is 11.5 Å². The van der Waals surface area contributed by atoms with E-state index in [-0.39, 0.29) is 11.1 Å². The summed E-state index contributed by atoms with van der Waals surface area (Å²) < 4.78 is 22.3. The third kappa shape index (κ3) is 4.60. The molecule has 0 spiro atoms. The number of nitro groups is 2. The Bertz CT molecular complexity index is 913. The summed E-state index contributed by atoms with van der Waals surface area (Å²) in [4.78, 5) is 31.0. The fourth-order valence-corrected chi connectivity index (χ4v) is 3.60. The zero-order chi connectivity index (χ0) is 20.5. The van der Waals surface area contributed by atoms with Gasteiger partial charge >= 0.3 is 19.2 Å². The van der Waals surface area contributed by atoms with Gasteiger partial charge in [0.1, 0.15) is 0 Å². The lowest BCUT2D eigenvalue weighted by atomic mass is 10.1. The zero-order valence-corrected chi connectivity index (χ0v) is 15.9. The van der Waals surface area contributed by atoms with E-state index in [4.69, 9.17) is 9.05 Å². The van der Waals surface area contributed by atoms with Gasteiger partial charge in [0.15, 0.2) is 0 Å². The molecule has 10 nitrogen and oxygen atoms in total. The average Bonchev–Trinajstić information content (AvgIpc) is 2.51. The van der Waals surface area contributed by atoms with Crippen LogP contribution in [0.5, 0.6) is 11.5 Å². The van der Waals surface area contributed by atoms with Gasteiger partial charge in [-0.25, -0.2) is 4.57 Å². The maximum Gasteiger partial charge on any atom is 0.585 e. The summed E-state index contributed by atoms with van der Waals surface area (Å²) in [6.45, 7) is 6.18. The van der Waals surface area contributed by atoms with Crippen LogP contribution >= 0.6 is 7.82 Å². The fraction of sp³-hybridized carbons (Fsp3) is 0.250. The first-order chi connectivity index (χ1) is 12.4. The van der Waals surface area contributed by atoms with Crippen LogP contribution in [0.2, 0.25) is 0 Å². The average molecular weight is 396 g/mol. The highest BCUT2D eigenvalue weighted by molar-refractivity contribution is 7.48. The van der Waals surface area contributed by atoms with Crippen molar-refractivity contribution in [3.05, 3.63) is 66.7 Å². The van der Waals surface area contributed by atoms with E-state index >= 15 is 0 Å². The van der Waals surface area contributed by atoms with Gasteiger partial charge in [-0.1, -0.05) is 12.1 Å². The SMILES string of the molecule is Cc1cc(C)c(OP(=O)(O)Oc2c(C)cc(C)cc2[N+](=O)[O-])c([N+](=O)[O-])c1. The quantitative estimate of drug-likeness (QED) is 0.433. The number of phosphoric ester groups is 1. The highest BCUT2D eigenvalue weighted by Crippen LogP contribution is 2.50. The van der Waals surface area contributed by atoms with E-state index in [2.05, 4.69) is 0 Å². The number of rotatable bonds is 6. The molecule has 2 aromatic rings. The summed E-state index contributed by atoms with van der Waals surface area (Å²) in [5.74, 6) is -0.882. The molecule has 0 saturated heterocycles. The summed E-state index contributed by atoms with van der Waals surface area (Å²) >= 11 is 0. The Morgan fingerprint density at radius 2 is 1.15 bits per heavy atom. The van der Waals surface area contributed by atoms with Gasteiger partial charge in [-0.05, 0) is 49.9 Å². The number of nitro benzene ring substituents is 2. The number of phosphoric acid groups is 1. The van der Waals surface area contributed by atoms with Crippen molar-refractivity contribution in [1.82, 2.24) is 0 Å². The van der Waals surface area contributed by atoms with Gasteiger partial charge in [-0.2, -0.15) is 0 Å². The van der Waals surface area contributed by atoms with E-state index in [1.807, 2.05) is 0 Å². The molecule has 0 heterocycles. The molecule has 2 rings (SSSR count). The summed E-state index contributed by atoms with van der Waals surface area (Å²) in [6.07, 6.45) is 0. The van der Waals surface area contributed by atoms with E-state index in [9.17, 15) is 29.7 Å². The van der Waals surface area contributed by atoms with Crippen LogP contribution in [0.4, 0.5) is 11.4 Å². The predicted molar refractivity (Wildman–Crippen MR) is 96.2 cm³/mol. The lowest BCUT2D eigenvalue weighted by molar-refractivity contribution is -0.385. The molecular formula is C16H17N2O8P. The van der Waals surface area contributed by atoms with Gasteiger partial charge in [-0.3, -0.25) is 25.1 Å². The van der Waals surface area contributed by atoms with Crippen molar-refractivity contribution < 1.29 is 28.4 Å². The van der Waals surface area contributed by atoms with Gasteiger partial charge in [-0.15, -0.1) is 0 Å². The van der Waals surface area contributed by atoms with Crippen LogP contribution in [0.1, 0.15) is 22.3 Å². The Labute approximate surface area is 154 Å². The summed E-state index contributed by atoms with van der Waals surface area (Å²) in [5, 5.41) is 22.5. The van der Waals surface area contributed by atoms with Gasteiger partial charge < -0.3 is 9.05 Å². The first-order valence-electron chi connectivity index (χ1n) is 7.64. The highest BCUT2D eigenvalue weighted by atomic mass is 31.2. The molecule has 0 atom stereocenters. The molecule has 0 saturated carbocycles. The predicted octanol–water partition coefficient (Wildman–Crippen LogP) is 4.29. The van der Waals surface area contributed by atoms with Crippen molar-refractivity contribution in [2.45, 2.75) is 27.7 Å². The van der Waals surface area contributed by atoms with E-state index < -0.39 is 40.5 Å². The van der Waals surface area contributed by atoms with Crippen molar-refractivity contribution in [2.75, 3.05) is 0 Å². The van der Waals surface area contributed by atoms with E-state index in [0.717, 1.165) is 0 Å². The minimum atomic E-state index is -4.96. The lowest BCUT2D eigenvalue weighted by Crippen LogP contribution is -2.06. The molecule has 0 fully saturated rings. The second-order valence-corrected chi connectivity index (χ2v) is 7.33. The number of nitrogens with zero attached hydrogens (tertiary/aromatic N) is 2. The number of aryl methyl sites for hydroxylation is 4. The molecule has 0 unspecified atom stereocenters. The maximum absolute atomic E-state index is 12.4. The minimum absolute atomic E-state index is 0.245. The molecule has 27 heavy (non-hydrogen) atoms. The molecule has 0 aliphatic heterocycles. The number of hydrogen-bond acceptors (Lipinski definition) is 7. The molecule has 0 aromatic heterocycles. The van der Waals surface area contributed by atoms with Crippen LogP contribution < -0.4 is 9.05 Å². The van der Waals surface area contributed by atoms with Crippen molar-refractivity contribution in [3.63, 3.8) is 0 Å². The molecule has 2 aromatic carbocycles. The first-order valence-corrected chi connectivity index (χ1v) is 9.14. The van der Waals surface area contributed by atoms with Crippen molar-refractivity contribution in [1.29, 1.82) is 0 Å². The second-order valence-electron chi connectivity index (χ2n) is 6.03. The molecule has 11 heteroatoms. The Kier molecular flexibility index (Phi) is 5.53. The smallest absolute Gasteiger partial charge is 0.388 e. The van der Waals surface area contributed by atoms with Gasteiger partial charge in [0.05, 0.1) is 9.85 Å². The molecule has 144 valence electrons. The third-order valence-corrected chi connectivity index (χ3v) is 4.43. The first kappa shape index (κ1) is 20.3. The largest absolute Gasteiger partial charge is 0.585 e. The topological polar surface area (TPSA) is 142 Å². The standard InChI is InChI=1S/C16H17N2O8P/c1-9-5-11(3)15(13(7-9)17(19)20)25-27(23,24)26-16-12(4)6-10(2)8-14(16)18(21)22/h5-8H,1-4H3,(H,23,24). The maximum atomic E-state index is 12.4. The summed E-state index contributed by atoms with van der Waals surface area (Å²) in [7, 11) is -4.96. The monoisotopic (exact) mass is 396 g/mol. The zero-order valence-electron chi connectivity index (χ0n) is 15.0. The van der Waals surface area contributed by atoms with E-state index in [1.54, 1.807) is 13.8 Å². The summed E-state index contributed by atoms with van der Waals surface area (Å²) in [6, 6.07) is 5.42. The van der Waals surface area contributed by atoms with Crippen LogP contribution in [0.25, 0.3) is 0 Å². The Hall–Kier alpha value is -2.97. The molecular weight excluding hydrogens is 379 g/mol. The van der Waals surface area contributed by atoms with E-state index in [1.165, 1.54) is 38.1 Å². The van der Waals surface area contributed by atoms with Crippen molar-refractivity contribution >= 4 is 19.2 Å². The molecule has 0 aliphatic rings. The molecule has 1 N–H and O–H groups in total. The molecule has 0 radical (unpaired) electrons. The van der Waals surface area contributed by atoms with Crippen molar-refractivity contribution in [2.24, 2.45) is 0 Å². The summed E-state index contributed by atoms with van der Waals surface area (Å²) in [5.41, 5.74) is 0.584. The number of hydrogen-bond donors (Lipinski definition) is 1. The van der Waals surface area contributed by atoms with Crippen LogP contribution in [0.15, 0.2) is 24.3 Å². The van der Waals surface area contributed by atoms with E-state index in [0.29, 0.717) is 11.1 Å². The minimum Gasteiger partial charge on any atom is -0.388 e. The van der Waals surface area contributed by atoms with Gasteiger partial charge in [0, 0.05) is 12.1 Å². The Balaban J connectivity index is 2.48. The number of benzene rings is 2.